The lowest BCUT2D eigenvalue weighted by molar-refractivity contribution is 0.298. The van der Waals surface area contributed by atoms with Crippen molar-refractivity contribution in [1.82, 2.24) is 10.3 Å². The second-order valence-corrected chi connectivity index (χ2v) is 6.08. The Balaban J connectivity index is 1.54. The van der Waals surface area contributed by atoms with E-state index in [0.29, 0.717) is 17.4 Å². The molecule has 0 aliphatic heterocycles. The Hall–Kier alpha value is -1.46. The van der Waals surface area contributed by atoms with Crippen molar-refractivity contribution in [3.8, 4) is 5.75 Å². The molecule has 0 spiro atoms. The van der Waals surface area contributed by atoms with Crippen LogP contribution in [-0.4, -0.2) is 11.0 Å². The monoisotopic (exact) mass is 350 g/mol. The fraction of sp³-hybridized carbons (Fsp3) is 0.312. The van der Waals surface area contributed by atoms with Crippen LogP contribution < -0.4 is 10.1 Å². The first-order valence-corrected chi connectivity index (χ1v) is 7.75. The molecule has 1 aliphatic carbocycles. The third kappa shape index (κ3) is 4.25. The third-order valence-electron chi connectivity index (χ3n) is 3.36. The molecular formula is C16H16BrFN2O. The number of rotatable bonds is 6. The number of aromatic nitrogens is 1. The van der Waals surface area contributed by atoms with Crippen LogP contribution in [0, 0.1) is 5.82 Å². The van der Waals surface area contributed by atoms with Gasteiger partial charge in [-0.25, -0.2) is 4.39 Å². The molecule has 0 radical (unpaired) electrons. The smallest absolute Gasteiger partial charge is 0.138 e. The Morgan fingerprint density at radius 1 is 1.29 bits per heavy atom. The van der Waals surface area contributed by atoms with Crippen molar-refractivity contribution < 1.29 is 9.13 Å². The topological polar surface area (TPSA) is 34.1 Å². The van der Waals surface area contributed by atoms with Crippen molar-refractivity contribution in [3.63, 3.8) is 0 Å². The van der Waals surface area contributed by atoms with Crippen molar-refractivity contribution in [2.24, 2.45) is 0 Å². The molecule has 1 fully saturated rings. The minimum Gasteiger partial charge on any atom is -0.487 e. The molecule has 0 atom stereocenters. The van der Waals surface area contributed by atoms with Gasteiger partial charge in [-0.05, 0) is 37.1 Å². The normalized spacial score (nSPS) is 14.2. The first-order chi connectivity index (χ1) is 10.2. The Labute approximate surface area is 131 Å². The largest absolute Gasteiger partial charge is 0.487 e. The molecule has 0 amide bonds. The molecule has 110 valence electrons. The number of benzene rings is 1. The fourth-order valence-electron chi connectivity index (χ4n) is 1.94. The summed E-state index contributed by atoms with van der Waals surface area (Å²) in [4.78, 5) is 4.34. The number of ether oxygens (including phenoxy) is 1. The SMILES string of the molecule is Fc1cc(Br)ccc1COc1ccc(CNC2CC2)nc1. The minimum absolute atomic E-state index is 0.195. The van der Waals surface area contributed by atoms with Crippen LogP contribution in [0.3, 0.4) is 0 Å². The summed E-state index contributed by atoms with van der Waals surface area (Å²) in [6, 6.07) is 9.41. The molecule has 1 heterocycles. The van der Waals surface area contributed by atoms with Gasteiger partial charge in [0.25, 0.3) is 0 Å². The van der Waals surface area contributed by atoms with E-state index >= 15 is 0 Å². The molecule has 3 nitrogen and oxygen atoms in total. The van der Waals surface area contributed by atoms with Gasteiger partial charge in [0.05, 0.1) is 11.9 Å². The van der Waals surface area contributed by atoms with Gasteiger partial charge in [0.2, 0.25) is 0 Å². The lowest BCUT2D eigenvalue weighted by atomic mass is 10.2. The number of pyridine rings is 1. The van der Waals surface area contributed by atoms with Crippen molar-refractivity contribution in [3.05, 3.63) is 58.1 Å². The van der Waals surface area contributed by atoms with E-state index in [0.717, 1.165) is 16.7 Å². The van der Waals surface area contributed by atoms with Crippen LogP contribution in [0.1, 0.15) is 24.1 Å². The molecule has 0 bridgehead atoms. The van der Waals surface area contributed by atoms with Crippen molar-refractivity contribution in [2.45, 2.75) is 32.0 Å². The molecule has 3 rings (SSSR count). The van der Waals surface area contributed by atoms with Gasteiger partial charge in [0.15, 0.2) is 0 Å². The Morgan fingerprint density at radius 2 is 2.14 bits per heavy atom. The van der Waals surface area contributed by atoms with Crippen LogP contribution in [0.15, 0.2) is 41.0 Å². The quantitative estimate of drug-likeness (QED) is 0.859. The molecule has 0 unspecified atom stereocenters. The van der Waals surface area contributed by atoms with Gasteiger partial charge in [0, 0.05) is 22.6 Å². The summed E-state index contributed by atoms with van der Waals surface area (Å²) in [5, 5.41) is 3.41. The van der Waals surface area contributed by atoms with E-state index in [2.05, 4.69) is 26.2 Å². The molecule has 1 aromatic carbocycles. The van der Waals surface area contributed by atoms with Crippen molar-refractivity contribution in [2.75, 3.05) is 0 Å². The number of nitrogens with zero attached hydrogens (tertiary/aromatic N) is 1. The molecule has 2 aromatic rings. The predicted molar refractivity (Wildman–Crippen MR) is 82.5 cm³/mol. The van der Waals surface area contributed by atoms with Crippen LogP contribution in [0.25, 0.3) is 0 Å². The summed E-state index contributed by atoms with van der Waals surface area (Å²) in [6.07, 6.45) is 4.21. The number of nitrogens with one attached hydrogen (secondary N) is 1. The Bertz CT molecular complexity index is 614. The first-order valence-electron chi connectivity index (χ1n) is 6.96. The van der Waals surface area contributed by atoms with Gasteiger partial charge in [-0.15, -0.1) is 0 Å². The second-order valence-electron chi connectivity index (χ2n) is 5.16. The summed E-state index contributed by atoms with van der Waals surface area (Å²) >= 11 is 3.23. The van der Waals surface area contributed by atoms with Gasteiger partial charge >= 0.3 is 0 Å². The van der Waals surface area contributed by atoms with Crippen LogP contribution in [0.2, 0.25) is 0 Å². The maximum Gasteiger partial charge on any atom is 0.138 e. The van der Waals surface area contributed by atoms with E-state index < -0.39 is 0 Å². The Morgan fingerprint density at radius 3 is 2.81 bits per heavy atom. The minimum atomic E-state index is -0.275. The van der Waals surface area contributed by atoms with Crippen molar-refractivity contribution >= 4 is 15.9 Å². The average Bonchev–Trinajstić information content (AvgIpc) is 3.30. The van der Waals surface area contributed by atoms with Crippen LogP contribution in [-0.2, 0) is 13.2 Å². The summed E-state index contributed by atoms with van der Waals surface area (Å²) in [5.74, 6) is 0.370. The van der Waals surface area contributed by atoms with E-state index in [1.165, 1.54) is 18.9 Å². The first kappa shape index (κ1) is 14.5. The maximum atomic E-state index is 13.7. The number of halogens is 2. The molecule has 1 saturated carbocycles. The van der Waals surface area contributed by atoms with Gasteiger partial charge in [0.1, 0.15) is 18.2 Å². The van der Waals surface area contributed by atoms with Crippen LogP contribution in [0.5, 0.6) is 5.75 Å². The zero-order valence-electron chi connectivity index (χ0n) is 11.5. The van der Waals surface area contributed by atoms with E-state index in [9.17, 15) is 4.39 Å². The fourth-order valence-corrected chi connectivity index (χ4v) is 2.27. The summed E-state index contributed by atoms with van der Waals surface area (Å²) in [7, 11) is 0. The zero-order chi connectivity index (χ0) is 14.7. The summed E-state index contributed by atoms with van der Waals surface area (Å²) < 4.78 is 20.0. The molecule has 21 heavy (non-hydrogen) atoms. The average molecular weight is 351 g/mol. The lowest BCUT2D eigenvalue weighted by Crippen LogP contribution is -2.16. The third-order valence-corrected chi connectivity index (χ3v) is 3.85. The van der Waals surface area contributed by atoms with E-state index in [-0.39, 0.29) is 12.4 Å². The van der Waals surface area contributed by atoms with Gasteiger partial charge < -0.3 is 10.1 Å². The van der Waals surface area contributed by atoms with Gasteiger partial charge in [-0.2, -0.15) is 0 Å². The summed E-state index contributed by atoms with van der Waals surface area (Å²) in [5.41, 5.74) is 1.52. The lowest BCUT2D eigenvalue weighted by Gasteiger charge is -2.08. The molecule has 5 heteroatoms. The zero-order valence-corrected chi connectivity index (χ0v) is 13.1. The molecule has 0 saturated heterocycles. The van der Waals surface area contributed by atoms with Crippen LogP contribution >= 0.6 is 15.9 Å². The second kappa shape index (κ2) is 6.54. The van der Waals surface area contributed by atoms with E-state index in [1.807, 2.05) is 12.1 Å². The van der Waals surface area contributed by atoms with Crippen molar-refractivity contribution in [1.29, 1.82) is 0 Å². The molecule has 1 N–H and O–H groups in total. The maximum absolute atomic E-state index is 13.7. The molecule has 1 aromatic heterocycles. The van der Waals surface area contributed by atoms with Gasteiger partial charge in [-0.3, -0.25) is 4.98 Å². The van der Waals surface area contributed by atoms with Gasteiger partial charge in [-0.1, -0.05) is 22.0 Å². The van der Waals surface area contributed by atoms with E-state index in [4.69, 9.17) is 4.74 Å². The van der Waals surface area contributed by atoms with Crippen LogP contribution in [0.4, 0.5) is 4.39 Å². The standard InChI is InChI=1S/C16H16BrFN2O/c17-12-2-1-11(16(18)7-12)10-21-15-6-5-14(20-9-15)8-19-13-3-4-13/h1-2,5-7,9,13,19H,3-4,8,10H2. The highest BCUT2D eigenvalue weighted by Gasteiger charge is 2.20. The summed E-state index contributed by atoms with van der Waals surface area (Å²) in [6.45, 7) is 0.979. The molecular weight excluding hydrogens is 335 g/mol. The predicted octanol–water partition coefficient (Wildman–Crippen LogP) is 3.81. The van der Waals surface area contributed by atoms with E-state index in [1.54, 1.807) is 18.3 Å². The highest BCUT2D eigenvalue weighted by Crippen LogP contribution is 2.20. The Kier molecular flexibility index (Phi) is 4.51. The highest BCUT2D eigenvalue weighted by atomic mass is 79.9. The number of hydrogen-bond donors (Lipinski definition) is 1. The molecule has 1 aliphatic rings. The highest BCUT2D eigenvalue weighted by molar-refractivity contribution is 9.10. The number of hydrogen-bond acceptors (Lipinski definition) is 3.